The summed E-state index contributed by atoms with van der Waals surface area (Å²) in [5.41, 5.74) is 2.87. The Hall–Kier alpha value is -2.83. The topological polar surface area (TPSA) is 67.0 Å². The summed E-state index contributed by atoms with van der Waals surface area (Å²) < 4.78 is 5.44. The first-order valence-electron chi connectivity index (χ1n) is 7.90. The molecule has 2 N–H and O–H groups in total. The molecule has 0 fully saturated rings. The van der Waals surface area contributed by atoms with Crippen LogP contribution in [0.15, 0.2) is 60.1 Å². The maximum Gasteiger partial charge on any atom is 0.264 e. The van der Waals surface area contributed by atoms with Crippen molar-refractivity contribution in [3.05, 3.63) is 65.1 Å². The Labute approximate surface area is 158 Å². The van der Waals surface area contributed by atoms with Crippen LogP contribution >= 0.6 is 22.9 Å². The van der Waals surface area contributed by atoms with Gasteiger partial charge in [0, 0.05) is 28.0 Å². The van der Waals surface area contributed by atoms with Gasteiger partial charge in [0.15, 0.2) is 11.7 Å². The van der Waals surface area contributed by atoms with Gasteiger partial charge in [-0.3, -0.25) is 10.1 Å². The predicted octanol–water partition coefficient (Wildman–Crippen LogP) is 4.96. The molecule has 0 aliphatic rings. The van der Waals surface area contributed by atoms with Crippen LogP contribution in [0.2, 0.25) is 5.02 Å². The molecule has 0 atom stereocenters. The lowest BCUT2D eigenvalue weighted by Crippen LogP contribution is -2.20. The van der Waals surface area contributed by atoms with E-state index in [9.17, 15) is 4.79 Å². The van der Waals surface area contributed by atoms with Crippen LogP contribution in [-0.2, 0) is 4.79 Å². The molecule has 0 radical (unpaired) electrons. The van der Waals surface area contributed by atoms with E-state index in [0.29, 0.717) is 15.9 Å². The lowest BCUT2D eigenvalue weighted by Gasteiger charge is -2.06. The number of ether oxygens (including phenoxy) is 1. The van der Waals surface area contributed by atoms with Gasteiger partial charge in [0.2, 0.25) is 0 Å². The lowest BCUT2D eigenvalue weighted by atomic mass is 10.1. The Balaban J connectivity index is 1.43. The van der Waals surface area contributed by atoms with Crippen LogP contribution in [0, 0.1) is 0 Å². The summed E-state index contributed by atoms with van der Waals surface area (Å²) in [6.07, 6.45) is 1.92. The largest absolute Gasteiger partial charge is 0.482 e. The van der Waals surface area contributed by atoms with Crippen LogP contribution in [-0.4, -0.2) is 22.5 Å². The van der Waals surface area contributed by atoms with E-state index in [1.54, 1.807) is 24.3 Å². The van der Waals surface area contributed by atoms with Gasteiger partial charge in [-0.25, -0.2) is 4.98 Å². The number of anilines is 1. The quantitative estimate of drug-likeness (QED) is 0.511. The fourth-order valence-electron chi connectivity index (χ4n) is 2.60. The Morgan fingerprint density at radius 3 is 2.88 bits per heavy atom. The second-order valence-corrected chi connectivity index (χ2v) is 6.82. The van der Waals surface area contributed by atoms with Gasteiger partial charge in [0.05, 0.1) is 10.7 Å². The number of hydrogen-bond donors (Lipinski definition) is 2. The van der Waals surface area contributed by atoms with Gasteiger partial charge in [0.25, 0.3) is 5.91 Å². The van der Waals surface area contributed by atoms with Crippen molar-refractivity contribution in [1.29, 1.82) is 0 Å². The third-order valence-corrected chi connectivity index (χ3v) is 4.88. The Morgan fingerprint density at radius 1 is 1.19 bits per heavy atom. The zero-order chi connectivity index (χ0) is 17.9. The molecule has 2 aromatic heterocycles. The first-order valence-corrected chi connectivity index (χ1v) is 9.15. The fourth-order valence-corrected chi connectivity index (χ4v) is 3.52. The van der Waals surface area contributed by atoms with Crippen molar-refractivity contribution in [3.63, 3.8) is 0 Å². The average Bonchev–Trinajstić information content (AvgIpc) is 3.27. The molecule has 7 heteroatoms. The summed E-state index contributed by atoms with van der Waals surface area (Å²) in [6.45, 7) is -0.133. The number of benzene rings is 2. The summed E-state index contributed by atoms with van der Waals surface area (Å²) in [5.74, 6) is 0.188. The van der Waals surface area contributed by atoms with Crippen molar-refractivity contribution in [2.45, 2.75) is 0 Å². The summed E-state index contributed by atoms with van der Waals surface area (Å²) in [4.78, 5) is 19.8. The smallest absolute Gasteiger partial charge is 0.264 e. The van der Waals surface area contributed by atoms with Crippen molar-refractivity contribution in [2.24, 2.45) is 0 Å². The van der Waals surface area contributed by atoms with Gasteiger partial charge < -0.3 is 9.72 Å². The molecular formula is C19H14ClN3O2S. The molecule has 4 aromatic rings. The van der Waals surface area contributed by atoms with Crippen molar-refractivity contribution < 1.29 is 9.53 Å². The standard InChI is InChI=1S/C19H14ClN3O2S/c20-14-6-2-4-8-17(14)25-10-18(24)23-19-22-16(11-26-19)13-9-21-15-7-3-1-5-12(13)15/h1-9,11,21H,10H2,(H,22,23,24). The van der Waals surface area contributed by atoms with Crippen molar-refractivity contribution in [3.8, 4) is 17.0 Å². The lowest BCUT2D eigenvalue weighted by molar-refractivity contribution is -0.118. The SMILES string of the molecule is O=C(COc1ccccc1Cl)Nc1nc(-c2c[nH]c3ccccc23)cs1. The number of carbonyl (C=O) groups is 1. The molecule has 0 saturated heterocycles. The van der Waals surface area contributed by atoms with Crippen LogP contribution in [0.25, 0.3) is 22.2 Å². The van der Waals surface area contributed by atoms with E-state index in [4.69, 9.17) is 16.3 Å². The maximum absolute atomic E-state index is 12.1. The Kier molecular flexibility index (Phi) is 4.60. The number of aromatic nitrogens is 2. The second kappa shape index (κ2) is 7.19. The zero-order valence-corrected chi connectivity index (χ0v) is 15.1. The molecule has 26 heavy (non-hydrogen) atoms. The van der Waals surface area contributed by atoms with Gasteiger partial charge in [-0.15, -0.1) is 11.3 Å². The van der Waals surface area contributed by atoms with Crippen molar-refractivity contribution in [2.75, 3.05) is 11.9 Å². The van der Waals surface area contributed by atoms with Crippen molar-refractivity contribution in [1.82, 2.24) is 9.97 Å². The monoisotopic (exact) mass is 383 g/mol. The molecule has 0 aliphatic heterocycles. The number of nitrogens with one attached hydrogen (secondary N) is 2. The minimum Gasteiger partial charge on any atom is -0.482 e. The highest BCUT2D eigenvalue weighted by molar-refractivity contribution is 7.14. The van der Waals surface area contributed by atoms with Crippen LogP contribution < -0.4 is 10.1 Å². The number of H-pyrrole nitrogens is 1. The van der Waals surface area contributed by atoms with Crippen LogP contribution in [0.5, 0.6) is 5.75 Å². The Morgan fingerprint density at radius 2 is 2.00 bits per heavy atom. The highest BCUT2D eigenvalue weighted by atomic mass is 35.5. The summed E-state index contributed by atoms with van der Waals surface area (Å²) in [6, 6.07) is 15.0. The number of rotatable bonds is 5. The first kappa shape index (κ1) is 16.6. The van der Waals surface area contributed by atoms with Crippen LogP contribution in [0.4, 0.5) is 5.13 Å². The van der Waals surface area contributed by atoms with Gasteiger partial charge in [-0.1, -0.05) is 41.9 Å². The molecule has 0 spiro atoms. The number of amides is 1. The number of thiazole rings is 1. The average molecular weight is 384 g/mol. The van der Waals surface area contributed by atoms with E-state index in [0.717, 1.165) is 22.2 Å². The molecule has 0 bridgehead atoms. The number of halogens is 1. The Bertz CT molecular complexity index is 1070. The van der Waals surface area contributed by atoms with E-state index in [1.807, 2.05) is 35.8 Å². The van der Waals surface area contributed by atoms with Gasteiger partial charge >= 0.3 is 0 Å². The van der Waals surface area contributed by atoms with E-state index in [1.165, 1.54) is 11.3 Å². The summed E-state index contributed by atoms with van der Waals surface area (Å²) in [7, 11) is 0. The summed E-state index contributed by atoms with van der Waals surface area (Å²) >= 11 is 7.38. The predicted molar refractivity (Wildman–Crippen MR) is 105 cm³/mol. The van der Waals surface area contributed by atoms with E-state index in [2.05, 4.69) is 15.3 Å². The first-order chi connectivity index (χ1) is 12.7. The number of para-hydroxylation sites is 2. The highest BCUT2D eigenvalue weighted by Crippen LogP contribution is 2.31. The van der Waals surface area contributed by atoms with E-state index < -0.39 is 0 Å². The fraction of sp³-hybridized carbons (Fsp3) is 0.0526. The molecule has 5 nitrogen and oxygen atoms in total. The van der Waals surface area contributed by atoms with Crippen molar-refractivity contribution >= 4 is 44.9 Å². The van der Waals surface area contributed by atoms with Crippen LogP contribution in [0.3, 0.4) is 0 Å². The van der Waals surface area contributed by atoms with Crippen LogP contribution in [0.1, 0.15) is 0 Å². The third kappa shape index (κ3) is 3.42. The maximum atomic E-state index is 12.1. The normalized spacial score (nSPS) is 10.8. The minimum atomic E-state index is -0.287. The molecule has 0 unspecified atom stereocenters. The number of carbonyl (C=O) groups excluding carboxylic acids is 1. The van der Waals surface area contributed by atoms with E-state index >= 15 is 0 Å². The molecule has 0 aliphatic carbocycles. The number of nitrogens with zero attached hydrogens (tertiary/aromatic N) is 1. The van der Waals surface area contributed by atoms with Gasteiger partial charge in [0.1, 0.15) is 5.75 Å². The third-order valence-electron chi connectivity index (χ3n) is 3.81. The molecule has 1 amide bonds. The van der Waals surface area contributed by atoms with E-state index in [-0.39, 0.29) is 12.5 Å². The van der Waals surface area contributed by atoms with Gasteiger partial charge in [-0.2, -0.15) is 0 Å². The molecule has 2 aromatic carbocycles. The highest BCUT2D eigenvalue weighted by Gasteiger charge is 2.12. The number of aromatic amines is 1. The minimum absolute atomic E-state index is 0.133. The summed E-state index contributed by atoms with van der Waals surface area (Å²) in [5, 5.41) is 6.76. The number of hydrogen-bond acceptors (Lipinski definition) is 4. The number of fused-ring (bicyclic) bond motifs is 1. The molecule has 130 valence electrons. The molecule has 4 rings (SSSR count). The molecular weight excluding hydrogens is 370 g/mol. The molecule has 0 saturated carbocycles. The molecule has 2 heterocycles. The second-order valence-electron chi connectivity index (χ2n) is 5.55. The van der Waals surface area contributed by atoms with Gasteiger partial charge in [-0.05, 0) is 18.2 Å². The zero-order valence-electron chi connectivity index (χ0n) is 13.5.